The highest BCUT2D eigenvalue weighted by atomic mass is 19.3. The van der Waals surface area contributed by atoms with Gasteiger partial charge in [0, 0.05) is 6.04 Å². The lowest BCUT2D eigenvalue weighted by atomic mass is 10.2. The molecule has 1 aromatic carbocycles. The van der Waals surface area contributed by atoms with Gasteiger partial charge in [0.05, 0.1) is 0 Å². The van der Waals surface area contributed by atoms with Crippen LogP contribution in [-0.4, -0.2) is 31.1 Å². The van der Waals surface area contributed by atoms with Crippen LogP contribution in [0, 0.1) is 0 Å². The van der Waals surface area contributed by atoms with Crippen LogP contribution in [0.2, 0.25) is 0 Å². The van der Waals surface area contributed by atoms with E-state index in [0.717, 1.165) is 25.7 Å². The Balaban J connectivity index is 1.87. The average Bonchev–Trinajstić information content (AvgIpc) is 2.97. The summed E-state index contributed by atoms with van der Waals surface area (Å²) in [6, 6.07) is 5.62. The number of rotatable bonds is 6. The first-order chi connectivity index (χ1) is 10.6. The normalized spacial score (nSPS) is 14.9. The number of para-hydroxylation sites is 1. The zero-order valence-corrected chi connectivity index (χ0v) is 11.9. The molecule has 0 radical (unpaired) electrons. The van der Waals surface area contributed by atoms with Crippen molar-refractivity contribution in [3.05, 3.63) is 29.8 Å². The fourth-order valence-electron chi connectivity index (χ4n) is 2.38. The Morgan fingerprint density at radius 1 is 1.23 bits per heavy atom. The van der Waals surface area contributed by atoms with Crippen LogP contribution in [0.4, 0.5) is 8.78 Å². The number of nitrogens with one attached hydrogen (secondary N) is 1. The first kappa shape index (κ1) is 16.2. The van der Waals surface area contributed by atoms with Gasteiger partial charge >= 0.3 is 12.6 Å². The minimum atomic E-state index is -3.04. The summed E-state index contributed by atoms with van der Waals surface area (Å²) in [5.41, 5.74) is -0.142. The lowest BCUT2D eigenvalue weighted by Crippen LogP contribution is -2.35. The van der Waals surface area contributed by atoms with Crippen LogP contribution in [0.5, 0.6) is 5.75 Å². The Morgan fingerprint density at radius 3 is 2.59 bits per heavy atom. The van der Waals surface area contributed by atoms with Crippen molar-refractivity contribution in [1.29, 1.82) is 0 Å². The third-order valence-electron chi connectivity index (χ3n) is 3.38. The van der Waals surface area contributed by atoms with E-state index in [2.05, 4.69) is 10.1 Å². The van der Waals surface area contributed by atoms with Crippen LogP contribution < -0.4 is 10.1 Å². The SMILES string of the molecule is O=C(COC(=O)c1ccccc1OC(F)F)NC1CCCC1. The van der Waals surface area contributed by atoms with Crippen LogP contribution in [0.15, 0.2) is 24.3 Å². The molecule has 1 aromatic rings. The first-order valence-corrected chi connectivity index (χ1v) is 7.06. The molecule has 7 heteroatoms. The van der Waals surface area contributed by atoms with Crippen molar-refractivity contribution in [3.8, 4) is 5.75 Å². The van der Waals surface area contributed by atoms with Gasteiger partial charge < -0.3 is 14.8 Å². The molecule has 1 aliphatic carbocycles. The van der Waals surface area contributed by atoms with Crippen molar-refractivity contribution in [2.75, 3.05) is 6.61 Å². The van der Waals surface area contributed by atoms with Crippen LogP contribution in [0.1, 0.15) is 36.0 Å². The molecule has 0 saturated heterocycles. The Kier molecular flexibility index (Phi) is 5.68. The molecule has 1 saturated carbocycles. The van der Waals surface area contributed by atoms with Crippen molar-refractivity contribution in [2.24, 2.45) is 0 Å². The van der Waals surface area contributed by atoms with Gasteiger partial charge in [-0.1, -0.05) is 25.0 Å². The number of ether oxygens (including phenoxy) is 2. The third-order valence-corrected chi connectivity index (χ3v) is 3.38. The van der Waals surface area contributed by atoms with E-state index < -0.39 is 25.1 Å². The third kappa shape index (κ3) is 4.68. The van der Waals surface area contributed by atoms with E-state index in [-0.39, 0.29) is 17.4 Å². The highest BCUT2D eigenvalue weighted by Crippen LogP contribution is 2.21. The molecule has 1 aliphatic rings. The molecule has 1 fully saturated rings. The van der Waals surface area contributed by atoms with Gasteiger partial charge in [0.25, 0.3) is 5.91 Å². The van der Waals surface area contributed by atoms with Gasteiger partial charge in [0.15, 0.2) is 6.61 Å². The largest absolute Gasteiger partial charge is 0.452 e. The number of benzene rings is 1. The van der Waals surface area contributed by atoms with Crippen molar-refractivity contribution in [1.82, 2.24) is 5.32 Å². The summed E-state index contributed by atoms with van der Waals surface area (Å²) in [5, 5.41) is 2.77. The minimum absolute atomic E-state index is 0.126. The van der Waals surface area contributed by atoms with Crippen LogP contribution in [0.3, 0.4) is 0 Å². The number of amides is 1. The van der Waals surface area contributed by atoms with Gasteiger partial charge in [0.1, 0.15) is 11.3 Å². The Labute approximate surface area is 126 Å². The molecule has 1 amide bonds. The van der Waals surface area contributed by atoms with E-state index in [9.17, 15) is 18.4 Å². The van der Waals surface area contributed by atoms with Crippen LogP contribution >= 0.6 is 0 Å². The fraction of sp³-hybridized carbons (Fsp3) is 0.467. The second kappa shape index (κ2) is 7.72. The quantitative estimate of drug-likeness (QED) is 0.820. The summed E-state index contributed by atoms with van der Waals surface area (Å²) in [7, 11) is 0. The van der Waals surface area contributed by atoms with E-state index in [4.69, 9.17) is 4.74 Å². The minimum Gasteiger partial charge on any atom is -0.452 e. The maximum absolute atomic E-state index is 12.3. The van der Waals surface area contributed by atoms with Gasteiger partial charge in [-0.15, -0.1) is 0 Å². The van der Waals surface area contributed by atoms with Gasteiger partial charge in [-0.3, -0.25) is 4.79 Å². The first-order valence-electron chi connectivity index (χ1n) is 7.06. The molecule has 2 rings (SSSR count). The molecule has 0 bridgehead atoms. The molecule has 1 N–H and O–H groups in total. The molecule has 22 heavy (non-hydrogen) atoms. The molecule has 0 unspecified atom stereocenters. The number of alkyl halides is 2. The zero-order chi connectivity index (χ0) is 15.9. The van der Waals surface area contributed by atoms with Gasteiger partial charge in [-0.2, -0.15) is 8.78 Å². The smallest absolute Gasteiger partial charge is 0.387 e. The van der Waals surface area contributed by atoms with E-state index >= 15 is 0 Å². The summed E-state index contributed by atoms with van der Waals surface area (Å²) in [4.78, 5) is 23.5. The molecular formula is C15H17F2NO4. The average molecular weight is 313 g/mol. The predicted molar refractivity (Wildman–Crippen MR) is 73.8 cm³/mol. The fourth-order valence-corrected chi connectivity index (χ4v) is 2.38. The maximum atomic E-state index is 12.3. The van der Waals surface area contributed by atoms with Crippen molar-refractivity contribution < 1.29 is 27.8 Å². The number of carbonyl (C=O) groups is 2. The molecule has 0 aliphatic heterocycles. The Hall–Kier alpha value is -2.18. The molecular weight excluding hydrogens is 296 g/mol. The Morgan fingerprint density at radius 2 is 1.91 bits per heavy atom. The lowest BCUT2D eigenvalue weighted by molar-refractivity contribution is -0.124. The number of halogens is 2. The zero-order valence-electron chi connectivity index (χ0n) is 11.9. The highest BCUT2D eigenvalue weighted by Gasteiger charge is 2.20. The van der Waals surface area contributed by atoms with Crippen LogP contribution in [-0.2, 0) is 9.53 Å². The molecule has 0 atom stereocenters. The number of hydrogen-bond acceptors (Lipinski definition) is 4. The Bertz CT molecular complexity index is 530. The predicted octanol–water partition coefficient (Wildman–Crippen LogP) is 2.50. The van der Waals surface area contributed by atoms with E-state index in [1.165, 1.54) is 24.3 Å². The molecule has 120 valence electrons. The summed E-state index contributed by atoms with van der Waals surface area (Å²) < 4.78 is 33.6. The van der Waals surface area contributed by atoms with Gasteiger partial charge in [0.2, 0.25) is 0 Å². The van der Waals surface area contributed by atoms with Crippen molar-refractivity contribution >= 4 is 11.9 Å². The van der Waals surface area contributed by atoms with E-state index in [1.807, 2.05) is 0 Å². The topological polar surface area (TPSA) is 64.6 Å². The summed E-state index contributed by atoms with van der Waals surface area (Å²) >= 11 is 0. The van der Waals surface area contributed by atoms with Gasteiger partial charge in [-0.05, 0) is 25.0 Å². The monoisotopic (exact) mass is 313 g/mol. The molecule has 0 heterocycles. The second-order valence-electron chi connectivity index (χ2n) is 5.00. The summed E-state index contributed by atoms with van der Waals surface area (Å²) in [6.07, 6.45) is 3.99. The molecule has 0 aromatic heterocycles. The van der Waals surface area contributed by atoms with E-state index in [0.29, 0.717) is 0 Å². The van der Waals surface area contributed by atoms with E-state index in [1.54, 1.807) is 0 Å². The molecule has 5 nitrogen and oxygen atoms in total. The number of esters is 1. The standard InChI is InChI=1S/C15H17F2NO4/c16-15(17)22-12-8-4-3-7-11(12)14(20)21-9-13(19)18-10-5-1-2-6-10/h3-4,7-8,10,15H,1-2,5-6,9H2,(H,18,19). The van der Waals surface area contributed by atoms with Crippen LogP contribution in [0.25, 0.3) is 0 Å². The maximum Gasteiger partial charge on any atom is 0.387 e. The number of hydrogen-bond donors (Lipinski definition) is 1. The summed E-state index contributed by atoms with van der Waals surface area (Å²) in [5.74, 6) is -1.55. The lowest BCUT2D eigenvalue weighted by Gasteiger charge is -2.13. The molecule has 0 spiro atoms. The van der Waals surface area contributed by atoms with Crippen molar-refractivity contribution in [3.63, 3.8) is 0 Å². The number of carbonyl (C=O) groups excluding carboxylic acids is 2. The van der Waals surface area contributed by atoms with Crippen molar-refractivity contribution in [2.45, 2.75) is 38.3 Å². The second-order valence-corrected chi connectivity index (χ2v) is 5.00. The highest BCUT2D eigenvalue weighted by molar-refractivity contribution is 5.94. The van der Waals surface area contributed by atoms with Gasteiger partial charge in [-0.25, -0.2) is 4.79 Å². The summed E-state index contributed by atoms with van der Waals surface area (Å²) in [6.45, 7) is -3.49.